The maximum atomic E-state index is 11.5. The highest BCUT2D eigenvalue weighted by atomic mass is 35.5. The second-order valence-corrected chi connectivity index (χ2v) is 6.74. The zero-order valence-corrected chi connectivity index (χ0v) is 12.6. The molecule has 0 spiro atoms. The number of benzene rings is 1. The third kappa shape index (κ3) is 5.15. The van der Waals surface area contributed by atoms with Crippen LogP contribution in [0.5, 0.6) is 0 Å². The van der Waals surface area contributed by atoms with Gasteiger partial charge in [-0.1, -0.05) is 41.1 Å². The molecule has 98 valence electrons. The smallest absolute Gasteiger partial charge is 0.316 e. The zero-order valence-electron chi connectivity index (χ0n) is 11.0. The fourth-order valence-electron chi connectivity index (χ4n) is 1.02. The van der Waals surface area contributed by atoms with Gasteiger partial charge >= 0.3 is 5.97 Å². The zero-order chi connectivity index (χ0) is 13.8. The normalized spacial score (nSPS) is 12.4. The molecule has 0 aliphatic rings. The van der Waals surface area contributed by atoms with Gasteiger partial charge in [-0.15, -0.1) is 0 Å². The van der Waals surface area contributed by atoms with Crippen LogP contribution in [0.2, 0.25) is 0 Å². The molecule has 0 unspecified atom stereocenters. The molecule has 1 aromatic rings. The standard InChI is InChI=1S/C14H17ClO2S/c1-10-5-7-11(8-6-10)18-12(15)9-17-13(16)14(2,3)4/h5-9H,1-4H3/b12-9+. The molecule has 0 fully saturated rings. The number of carbonyl (C=O) groups excluding carboxylic acids is 1. The number of aryl methyl sites for hydroxylation is 1. The van der Waals surface area contributed by atoms with Gasteiger partial charge in [0.15, 0.2) is 0 Å². The lowest BCUT2D eigenvalue weighted by atomic mass is 9.98. The van der Waals surface area contributed by atoms with Crippen LogP contribution in [0.1, 0.15) is 26.3 Å². The molecule has 0 atom stereocenters. The van der Waals surface area contributed by atoms with E-state index >= 15 is 0 Å². The van der Waals surface area contributed by atoms with E-state index in [4.69, 9.17) is 16.3 Å². The van der Waals surface area contributed by atoms with Crippen LogP contribution < -0.4 is 0 Å². The Morgan fingerprint density at radius 1 is 1.28 bits per heavy atom. The van der Waals surface area contributed by atoms with Crippen molar-refractivity contribution in [3.05, 3.63) is 40.5 Å². The summed E-state index contributed by atoms with van der Waals surface area (Å²) in [6.45, 7) is 7.41. The summed E-state index contributed by atoms with van der Waals surface area (Å²) >= 11 is 7.35. The monoisotopic (exact) mass is 284 g/mol. The Bertz CT molecular complexity index is 444. The van der Waals surface area contributed by atoms with Crippen LogP contribution in [0, 0.1) is 12.3 Å². The van der Waals surface area contributed by atoms with Gasteiger partial charge in [-0.2, -0.15) is 0 Å². The Labute approximate surface area is 117 Å². The molecule has 0 N–H and O–H groups in total. The summed E-state index contributed by atoms with van der Waals surface area (Å²) in [6, 6.07) is 7.96. The molecule has 1 rings (SSSR count). The molecule has 0 aromatic heterocycles. The Balaban J connectivity index is 2.58. The lowest BCUT2D eigenvalue weighted by molar-refractivity contribution is -0.146. The number of halogens is 1. The first kappa shape index (κ1) is 15.1. The number of hydrogen-bond acceptors (Lipinski definition) is 3. The summed E-state index contributed by atoms with van der Waals surface area (Å²) in [5, 5.41) is 0. The fourth-order valence-corrected chi connectivity index (χ4v) is 1.92. The summed E-state index contributed by atoms with van der Waals surface area (Å²) < 4.78 is 5.44. The van der Waals surface area contributed by atoms with Gasteiger partial charge in [0.25, 0.3) is 0 Å². The van der Waals surface area contributed by atoms with Crippen LogP contribution in [0.4, 0.5) is 0 Å². The second kappa shape index (κ2) is 6.30. The maximum Gasteiger partial charge on any atom is 0.316 e. The molecule has 2 nitrogen and oxygen atoms in total. The van der Waals surface area contributed by atoms with Gasteiger partial charge in [0.2, 0.25) is 0 Å². The van der Waals surface area contributed by atoms with E-state index in [-0.39, 0.29) is 5.97 Å². The molecule has 0 radical (unpaired) electrons. The largest absolute Gasteiger partial charge is 0.432 e. The van der Waals surface area contributed by atoms with Crippen molar-refractivity contribution < 1.29 is 9.53 Å². The van der Waals surface area contributed by atoms with E-state index < -0.39 is 5.41 Å². The van der Waals surface area contributed by atoms with E-state index in [1.807, 2.05) is 31.2 Å². The predicted octanol–water partition coefficient (Wildman–Crippen LogP) is 4.71. The highest BCUT2D eigenvalue weighted by Gasteiger charge is 2.22. The van der Waals surface area contributed by atoms with E-state index in [0.717, 1.165) is 4.90 Å². The first-order valence-electron chi connectivity index (χ1n) is 5.60. The molecule has 0 bridgehead atoms. The van der Waals surface area contributed by atoms with Gasteiger partial charge in [-0.05, 0) is 39.8 Å². The van der Waals surface area contributed by atoms with Gasteiger partial charge in [0.05, 0.1) is 5.41 Å². The van der Waals surface area contributed by atoms with Crippen molar-refractivity contribution in [2.75, 3.05) is 0 Å². The van der Waals surface area contributed by atoms with Crippen LogP contribution >= 0.6 is 23.4 Å². The van der Waals surface area contributed by atoms with Crippen molar-refractivity contribution in [3.63, 3.8) is 0 Å². The lowest BCUT2D eigenvalue weighted by Crippen LogP contribution is -2.20. The minimum absolute atomic E-state index is 0.301. The minimum atomic E-state index is -0.526. The van der Waals surface area contributed by atoms with Crippen molar-refractivity contribution in [2.24, 2.45) is 5.41 Å². The summed E-state index contributed by atoms with van der Waals surface area (Å²) in [6.07, 6.45) is 1.29. The van der Waals surface area contributed by atoms with Gasteiger partial charge < -0.3 is 4.74 Å². The molecule has 0 saturated heterocycles. The first-order valence-corrected chi connectivity index (χ1v) is 6.80. The molecular weight excluding hydrogens is 268 g/mol. The summed E-state index contributed by atoms with van der Waals surface area (Å²) in [5.74, 6) is -0.301. The molecule has 0 heterocycles. The third-order valence-corrected chi connectivity index (χ3v) is 3.23. The van der Waals surface area contributed by atoms with Crippen LogP contribution in [-0.2, 0) is 9.53 Å². The highest BCUT2D eigenvalue weighted by molar-refractivity contribution is 8.04. The van der Waals surface area contributed by atoms with Crippen molar-refractivity contribution in [2.45, 2.75) is 32.6 Å². The fraction of sp³-hybridized carbons (Fsp3) is 0.357. The van der Waals surface area contributed by atoms with Gasteiger partial charge in [-0.3, -0.25) is 4.79 Å². The summed E-state index contributed by atoms with van der Waals surface area (Å²) in [7, 11) is 0. The average molecular weight is 285 g/mol. The van der Waals surface area contributed by atoms with E-state index in [9.17, 15) is 4.79 Å². The van der Waals surface area contributed by atoms with E-state index in [0.29, 0.717) is 4.36 Å². The van der Waals surface area contributed by atoms with Crippen LogP contribution in [0.25, 0.3) is 0 Å². The van der Waals surface area contributed by atoms with Crippen molar-refractivity contribution in [3.8, 4) is 0 Å². The second-order valence-electron chi connectivity index (χ2n) is 4.99. The highest BCUT2D eigenvalue weighted by Crippen LogP contribution is 2.29. The quantitative estimate of drug-likeness (QED) is 0.457. The van der Waals surface area contributed by atoms with Crippen LogP contribution in [0.3, 0.4) is 0 Å². The molecule has 1 aromatic carbocycles. The molecular formula is C14H17ClO2S. The van der Waals surface area contributed by atoms with E-state index in [2.05, 4.69) is 0 Å². The topological polar surface area (TPSA) is 26.3 Å². The van der Waals surface area contributed by atoms with Crippen LogP contribution in [0.15, 0.2) is 39.8 Å². The summed E-state index contributed by atoms with van der Waals surface area (Å²) in [5.41, 5.74) is 0.668. The van der Waals surface area contributed by atoms with Crippen molar-refractivity contribution >= 4 is 29.3 Å². The number of hydrogen-bond donors (Lipinski definition) is 0. The third-order valence-electron chi connectivity index (χ3n) is 2.11. The van der Waals surface area contributed by atoms with Crippen molar-refractivity contribution in [1.29, 1.82) is 0 Å². The maximum absolute atomic E-state index is 11.5. The minimum Gasteiger partial charge on any atom is -0.432 e. The van der Waals surface area contributed by atoms with E-state index in [1.54, 1.807) is 20.8 Å². The number of esters is 1. The number of carbonyl (C=O) groups is 1. The molecule has 0 amide bonds. The Morgan fingerprint density at radius 2 is 1.83 bits per heavy atom. The molecule has 0 aliphatic heterocycles. The molecule has 0 saturated carbocycles. The average Bonchev–Trinajstić information content (AvgIpc) is 2.28. The van der Waals surface area contributed by atoms with E-state index in [1.165, 1.54) is 23.6 Å². The Hall–Kier alpha value is -0.930. The predicted molar refractivity (Wildman–Crippen MR) is 76.5 cm³/mol. The Morgan fingerprint density at radius 3 is 2.33 bits per heavy atom. The number of rotatable bonds is 3. The molecule has 0 aliphatic carbocycles. The SMILES string of the molecule is Cc1ccc(S/C(Cl)=C/OC(=O)C(C)(C)C)cc1. The number of thioether (sulfide) groups is 1. The Kier molecular flexibility index (Phi) is 5.29. The lowest BCUT2D eigenvalue weighted by Gasteiger charge is -2.14. The number of ether oxygens (including phenoxy) is 1. The van der Waals surface area contributed by atoms with Gasteiger partial charge in [0, 0.05) is 4.90 Å². The van der Waals surface area contributed by atoms with Crippen molar-refractivity contribution in [1.82, 2.24) is 0 Å². The van der Waals surface area contributed by atoms with Crippen LogP contribution in [-0.4, -0.2) is 5.97 Å². The summed E-state index contributed by atoms with van der Waals surface area (Å²) in [4.78, 5) is 12.5. The van der Waals surface area contributed by atoms with Gasteiger partial charge in [-0.25, -0.2) is 0 Å². The van der Waals surface area contributed by atoms with Gasteiger partial charge in [0.1, 0.15) is 10.6 Å². The molecule has 4 heteroatoms. The molecule has 18 heavy (non-hydrogen) atoms. The first-order chi connectivity index (χ1) is 8.29.